The lowest BCUT2D eigenvalue weighted by Gasteiger charge is -2.35. The Morgan fingerprint density at radius 1 is 0.714 bits per heavy atom. The summed E-state index contributed by atoms with van der Waals surface area (Å²) in [5, 5.41) is 3.90. The fourth-order valence-corrected chi connectivity index (χ4v) is 3.71. The fraction of sp³-hybridized carbons (Fsp3) is 0.300. The third kappa shape index (κ3) is 2.54. The maximum atomic E-state index is 3.95. The second-order valence-electron chi connectivity index (χ2n) is 5.81. The second kappa shape index (κ2) is 6.28. The van der Waals surface area contributed by atoms with Crippen LogP contribution in [0.5, 0.6) is 0 Å². The van der Waals surface area contributed by atoms with E-state index < -0.39 is 0 Å². The largest absolute Gasteiger partial charge is 0.297 e. The van der Waals surface area contributed by atoms with E-state index in [2.05, 4.69) is 55.9 Å². The van der Waals surface area contributed by atoms with Crippen LogP contribution < -0.4 is 5.32 Å². The molecule has 0 aromatic heterocycles. The van der Waals surface area contributed by atoms with Gasteiger partial charge in [0.25, 0.3) is 0 Å². The topological polar surface area (TPSA) is 12.0 Å². The normalized spacial score (nSPS) is 17.7. The molecule has 0 saturated heterocycles. The van der Waals surface area contributed by atoms with Crippen molar-refractivity contribution >= 4 is 0 Å². The monoisotopic (exact) mass is 279 g/mol. The molecule has 1 heterocycles. The van der Waals surface area contributed by atoms with Crippen molar-refractivity contribution in [2.75, 3.05) is 0 Å². The van der Waals surface area contributed by atoms with Crippen LogP contribution in [0.25, 0.3) is 0 Å². The van der Waals surface area contributed by atoms with Crippen molar-refractivity contribution < 1.29 is 0 Å². The summed E-state index contributed by atoms with van der Waals surface area (Å²) >= 11 is 0. The first-order valence-corrected chi connectivity index (χ1v) is 7.51. The van der Waals surface area contributed by atoms with Crippen LogP contribution in [0.3, 0.4) is 0 Å². The van der Waals surface area contributed by atoms with Gasteiger partial charge in [0.15, 0.2) is 0 Å². The highest BCUT2D eigenvalue weighted by atomic mass is 15.1. The molecule has 2 rings (SSSR count). The Kier molecular flexibility index (Phi) is 4.64. The highest BCUT2D eigenvalue weighted by Crippen LogP contribution is 2.48. The molecule has 1 heteroatoms. The molecular weight excluding hydrogens is 254 g/mol. The number of rotatable bonds is 8. The number of hydrogen-bond donors (Lipinski definition) is 1. The quantitative estimate of drug-likeness (QED) is 0.661. The molecule has 1 nitrogen and oxygen atoms in total. The maximum absolute atomic E-state index is 3.95. The smallest absolute Gasteiger partial charge is 0.0514 e. The molecule has 110 valence electrons. The molecule has 1 aliphatic heterocycles. The molecule has 0 amide bonds. The summed E-state index contributed by atoms with van der Waals surface area (Å²) in [6.07, 6.45) is 11.5. The van der Waals surface area contributed by atoms with Crippen molar-refractivity contribution in [2.24, 2.45) is 0 Å². The van der Waals surface area contributed by atoms with Crippen LogP contribution >= 0.6 is 0 Å². The third-order valence-electron chi connectivity index (χ3n) is 4.41. The lowest BCUT2D eigenvalue weighted by molar-refractivity contribution is 0.247. The fourth-order valence-electron chi connectivity index (χ4n) is 3.71. The molecule has 21 heavy (non-hydrogen) atoms. The van der Waals surface area contributed by atoms with Gasteiger partial charge in [0.1, 0.15) is 0 Å². The zero-order valence-electron chi connectivity index (χ0n) is 12.8. The summed E-state index contributed by atoms with van der Waals surface area (Å²) < 4.78 is 0. The molecule has 0 aliphatic carbocycles. The van der Waals surface area contributed by atoms with Gasteiger partial charge in [-0.15, -0.1) is 26.3 Å². The summed E-state index contributed by atoms with van der Waals surface area (Å²) in [6, 6.07) is 8.67. The lowest BCUT2D eigenvalue weighted by atomic mass is 9.82. The van der Waals surface area contributed by atoms with Crippen molar-refractivity contribution in [2.45, 2.75) is 36.8 Å². The van der Waals surface area contributed by atoms with E-state index in [0.29, 0.717) is 0 Å². The minimum atomic E-state index is -0.119. The van der Waals surface area contributed by atoms with Crippen LogP contribution in [0.4, 0.5) is 0 Å². The van der Waals surface area contributed by atoms with E-state index in [1.54, 1.807) is 0 Å². The minimum Gasteiger partial charge on any atom is -0.297 e. The number of hydrogen-bond acceptors (Lipinski definition) is 1. The van der Waals surface area contributed by atoms with Crippen molar-refractivity contribution in [3.05, 3.63) is 86.0 Å². The summed E-state index contributed by atoms with van der Waals surface area (Å²) in [4.78, 5) is 0. The van der Waals surface area contributed by atoms with Crippen LogP contribution in [0.15, 0.2) is 74.9 Å². The highest BCUT2D eigenvalue weighted by Gasteiger charge is 2.48. The average molecular weight is 279 g/mol. The SMILES string of the molecule is C=CCC1(CC=C)NC(CC=C)(CC=C)c2ccccc21. The Bertz CT molecular complexity index is 484. The molecule has 0 fully saturated rings. The third-order valence-corrected chi connectivity index (χ3v) is 4.41. The van der Waals surface area contributed by atoms with Crippen molar-refractivity contribution in [3.63, 3.8) is 0 Å². The van der Waals surface area contributed by atoms with Crippen LogP contribution in [-0.4, -0.2) is 0 Å². The van der Waals surface area contributed by atoms with E-state index in [1.165, 1.54) is 11.1 Å². The van der Waals surface area contributed by atoms with Gasteiger partial charge in [-0.25, -0.2) is 0 Å². The van der Waals surface area contributed by atoms with Gasteiger partial charge in [-0.1, -0.05) is 48.6 Å². The van der Waals surface area contributed by atoms with Crippen LogP contribution in [-0.2, 0) is 11.1 Å². The zero-order valence-corrected chi connectivity index (χ0v) is 12.8. The molecule has 0 radical (unpaired) electrons. The highest BCUT2D eigenvalue weighted by molar-refractivity contribution is 5.46. The molecule has 1 aliphatic rings. The predicted octanol–water partition coefficient (Wildman–Crippen LogP) is 4.98. The standard InChI is InChI=1S/C20H25N/c1-5-13-19(14-6-2)17-11-9-10-12-18(17)20(21-19,15-7-3)16-8-4/h5-12,21H,1-4,13-16H2. The molecule has 0 unspecified atom stereocenters. The molecule has 0 atom stereocenters. The number of nitrogens with one attached hydrogen (secondary N) is 1. The number of benzene rings is 1. The first-order chi connectivity index (χ1) is 10.2. The Labute approximate surface area is 128 Å². The first kappa shape index (κ1) is 15.5. The van der Waals surface area contributed by atoms with E-state index in [0.717, 1.165) is 25.7 Å². The zero-order chi connectivity index (χ0) is 15.3. The van der Waals surface area contributed by atoms with Crippen molar-refractivity contribution in [1.82, 2.24) is 5.32 Å². The van der Waals surface area contributed by atoms with Gasteiger partial charge in [0.05, 0.1) is 11.1 Å². The lowest BCUT2D eigenvalue weighted by Crippen LogP contribution is -2.46. The van der Waals surface area contributed by atoms with Crippen molar-refractivity contribution in [1.29, 1.82) is 0 Å². The van der Waals surface area contributed by atoms with Crippen LogP contribution in [0.1, 0.15) is 36.8 Å². The van der Waals surface area contributed by atoms with Gasteiger partial charge < -0.3 is 0 Å². The second-order valence-corrected chi connectivity index (χ2v) is 5.81. The molecular formula is C20H25N. The van der Waals surface area contributed by atoms with E-state index in [-0.39, 0.29) is 11.1 Å². The molecule has 1 N–H and O–H groups in total. The van der Waals surface area contributed by atoms with Gasteiger partial charge in [-0.05, 0) is 36.8 Å². The molecule has 1 aromatic carbocycles. The summed E-state index contributed by atoms with van der Waals surface area (Å²) in [7, 11) is 0. The molecule has 1 aromatic rings. The summed E-state index contributed by atoms with van der Waals surface area (Å²) in [5.41, 5.74) is 2.47. The van der Waals surface area contributed by atoms with Gasteiger partial charge in [-0.3, -0.25) is 5.32 Å². The molecule has 0 saturated carbocycles. The van der Waals surface area contributed by atoms with Crippen LogP contribution in [0.2, 0.25) is 0 Å². The van der Waals surface area contributed by atoms with Crippen molar-refractivity contribution in [3.8, 4) is 0 Å². The summed E-state index contributed by atoms with van der Waals surface area (Å²) in [5.74, 6) is 0. The van der Waals surface area contributed by atoms with E-state index in [4.69, 9.17) is 0 Å². The van der Waals surface area contributed by atoms with E-state index in [1.807, 2.05) is 24.3 Å². The minimum absolute atomic E-state index is 0.119. The molecule has 0 spiro atoms. The average Bonchev–Trinajstić information content (AvgIpc) is 2.72. The van der Waals surface area contributed by atoms with Gasteiger partial charge in [0, 0.05) is 0 Å². The molecule has 0 bridgehead atoms. The van der Waals surface area contributed by atoms with E-state index >= 15 is 0 Å². The van der Waals surface area contributed by atoms with Gasteiger partial charge >= 0.3 is 0 Å². The Morgan fingerprint density at radius 3 is 1.33 bits per heavy atom. The first-order valence-electron chi connectivity index (χ1n) is 7.51. The number of fused-ring (bicyclic) bond motifs is 1. The van der Waals surface area contributed by atoms with Gasteiger partial charge in [-0.2, -0.15) is 0 Å². The Balaban J connectivity index is 2.63. The van der Waals surface area contributed by atoms with E-state index in [9.17, 15) is 0 Å². The Hall–Kier alpha value is -1.86. The van der Waals surface area contributed by atoms with Crippen LogP contribution in [0, 0.1) is 0 Å². The maximum Gasteiger partial charge on any atom is 0.0514 e. The van der Waals surface area contributed by atoms with Gasteiger partial charge in [0.2, 0.25) is 0 Å². The summed E-state index contributed by atoms with van der Waals surface area (Å²) in [6.45, 7) is 15.8. The Morgan fingerprint density at radius 2 is 1.05 bits per heavy atom. The predicted molar refractivity (Wildman–Crippen MR) is 92.2 cm³/mol.